The molecule has 2 amide bonds. The summed E-state index contributed by atoms with van der Waals surface area (Å²) in [4.78, 5) is 27.6. The van der Waals surface area contributed by atoms with Gasteiger partial charge in [-0.3, -0.25) is 9.59 Å². The lowest BCUT2D eigenvalue weighted by Crippen LogP contribution is -2.48. The number of likely N-dealkylation sites (tertiary alicyclic amines) is 1. The van der Waals surface area contributed by atoms with E-state index in [9.17, 15) is 18.0 Å². The van der Waals surface area contributed by atoms with Crippen LogP contribution in [0.2, 0.25) is 5.02 Å². The van der Waals surface area contributed by atoms with E-state index in [1.807, 2.05) is 4.90 Å². The number of nitrogens with zero attached hydrogens (tertiary/aromatic N) is 2. The molecule has 182 valence electrons. The van der Waals surface area contributed by atoms with Crippen molar-refractivity contribution in [1.82, 2.24) is 14.5 Å². The molecule has 2 fully saturated rings. The van der Waals surface area contributed by atoms with Gasteiger partial charge in [0.05, 0.1) is 4.90 Å². The van der Waals surface area contributed by atoms with E-state index >= 15 is 0 Å². The van der Waals surface area contributed by atoms with Crippen molar-refractivity contribution in [2.75, 3.05) is 13.1 Å². The molecule has 2 aromatic rings. The van der Waals surface area contributed by atoms with E-state index in [4.69, 9.17) is 11.6 Å². The highest BCUT2D eigenvalue weighted by Gasteiger charge is 2.36. The Morgan fingerprint density at radius 2 is 1.76 bits per heavy atom. The number of hydrogen-bond acceptors (Lipinski definition) is 4. The number of benzene rings is 2. The van der Waals surface area contributed by atoms with Gasteiger partial charge in [0, 0.05) is 36.3 Å². The highest BCUT2D eigenvalue weighted by Crippen LogP contribution is 2.26. The minimum Gasteiger partial charge on any atom is -0.355 e. The molecule has 1 unspecified atom stereocenters. The van der Waals surface area contributed by atoms with Gasteiger partial charge >= 0.3 is 0 Å². The van der Waals surface area contributed by atoms with Gasteiger partial charge < -0.3 is 10.2 Å². The Balaban J connectivity index is 1.62. The lowest BCUT2D eigenvalue weighted by Gasteiger charge is -2.29. The summed E-state index contributed by atoms with van der Waals surface area (Å²) in [5, 5.41) is 3.27. The first-order valence-corrected chi connectivity index (χ1v) is 13.5. The summed E-state index contributed by atoms with van der Waals surface area (Å²) in [5.41, 5.74) is 1.29. The number of sulfonamides is 1. The lowest BCUT2D eigenvalue weighted by molar-refractivity contribution is -0.124. The summed E-state index contributed by atoms with van der Waals surface area (Å²) < 4.78 is 28.5. The highest BCUT2D eigenvalue weighted by atomic mass is 35.5. The molecule has 0 aromatic heterocycles. The van der Waals surface area contributed by atoms with Crippen LogP contribution in [0.3, 0.4) is 0 Å². The van der Waals surface area contributed by atoms with Gasteiger partial charge in [-0.2, -0.15) is 4.31 Å². The molecule has 4 rings (SSSR count). The molecular formula is C25H30ClN3O4S. The summed E-state index contributed by atoms with van der Waals surface area (Å²) in [6.45, 7) is 3.37. The molecule has 2 aromatic carbocycles. The predicted molar refractivity (Wildman–Crippen MR) is 131 cm³/mol. The molecular weight excluding hydrogens is 474 g/mol. The van der Waals surface area contributed by atoms with E-state index in [1.54, 1.807) is 24.3 Å². The van der Waals surface area contributed by atoms with E-state index < -0.39 is 16.1 Å². The van der Waals surface area contributed by atoms with Gasteiger partial charge in [0.15, 0.2) is 0 Å². The molecule has 0 aliphatic carbocycles. The van der Waals surface area contributed by atoms with E-state index in [-0.39, 0.29) is 29.3 Å². The number of carbonyl (C=O) groups is 2. The average molecular weight is 504 g/mol. The summed E-state index contributed by atoms with van der Waals surface area (Å²) in [6.07, 6.45) is 4.01. The Morgan fingerprint density at radius 3 is 2.41 bits per heavy atom. The number of amides is 2. The Hall–Kier alpha value is -2.42. The SMILES string of the molecule is CC1CCCN1C(=O)c1ccc(CN([C@@H]2CCCCNC2=O)S(=O)(=O)c2ccc(Cl)cc2)cc1. The Bertz CT molecular complexity index is 1140. The molecule has 0 radical (unpaired) electrons. The van der Waals surface area contributed by atoms with Crippen molar-refractivity contribution in [3.05, 3.63) is 64.7 Å². The van der Waals surface area contributed by atoms with E-state index in [1.165, 1.54) is 28.6 Å². The van der Waals surface area contributed by atoms with Crippen molar-refractivity contribution >= 4 is 33.4 Å². The van der Waals surface area contributed by atoms with Gasteiger partial charge in [-0.25, -0.2) is 8.42 Å². The smallest absolute Gasteiger partial charge is 0.254 e. The van der Waals surface area contributed by atoms with Crippen LogP contribution in [0.15, 0.2) is 53.4 Å². The van der Waals surface area contributed by atoms with Crippen LogP contribution >= 0.6 is 11.6 Å². The van der Waals surface area contributed by atoms with Gasteiger partial charge in [-0.15, -0.1) is 0 Å². The van der Waals surface area contributed by atoms with Crippen molar-refractivity contribution in [2.24, 2.45) is 0 Å². The third-order valence-corrected chi connectivity index (χ3v) is 8.75. The molecule has 34 heavy (non-hydrogen) atoms. The van der Waals surface area contributed by atoms with E-state index in [2.05, 4.69) is 12.2 Å². The van der Waals surface area contributed by atoms with Gasteiger partial charge in [0.1, 0.15) is 6.04 Å². The minimum atomic E-state index is -3.97. The number of halogens is 1. The molecule has 2 heterocycles. The molecule has 2 aliphatic heterocycles. The standard InChI is InChI=1S/C25H30ClN3O4S/c1-18-5-4-16-28(18)25(31)20-9-7-19(8-10-20)17-29(23-6-2-3-15-27-24(23)30)34(32,33)22-13-11-21(26)12-14-22/h7-14,18,23H,2-6,15-17H2,1H3,(H,27,30)/t18?,23-/m1/s1. The van der Waals surface area contributed by atoms with E-state index in [0.29, 0.717) is 29.1 Å². The second-order valence-electron chi connectivity index (χ2n) is 8.99. The summed E-state index contributed by atoms with van der Waals surface area (Å²) in [6, 6.07) is 12.4. The molecule has 2 aliphatic rings. The van der Waals surface area contributed by atoms with Crippen molar-refractivity contribution in [2.45, 2.75) is 62.6 Å². The van der Waals surface area contributed by atoms with Crippen LogP contribution in [0.1, 0.15) is 54.9 Å². The molecule has 7 nitrogen and oxygen atoms in total. The maximum absolute atomic E-state index is 13.6. The predicted octanol–water partition coefficient (Wildman–Crippen LogP) is 3.82. The van der Waals surface area contributed by atoms with Crippen molar-refractivity contribution in [1.29, 1.82) is 0 Å². The first kappa shape index (κ1) is 24.7. The molecule has 0 bridgehead atoms. The Kier molecular flexibility index (Phi) is 7.60. The van der Waals surface area contributed by atoms with E-state index in [0.717, 1.165) is 32.2 Å². The maximum Gasteiger partial charge on any atom is 0.254 e. The van der Waals surface area contributed by atoms with Gasteiger partial charge in [0.2, 0.25) is 15.9 Å². The maximum atomic E-state index is 13.6. The van der Waals surface area contributed by atoms with Crippen LogP contribution in [-0.2, 0) is 21.4 Å². The van der Waals surface area contributed by atoms with Crippen LogP contribution in [-0.4, -0.2) is 54.6 Å². The van der Waals surface area contributed by atoms with Crippen LogP contribution in [0.4, 0.5) is 0 Å². The summed E-state index contributed by atoms with van der Waals surface area (Å²) >= 11 is 5.96. The first-order valence-electron chi connectivity index (χ1n) is 11.7. The number of hydrogen-bond donors (Lipinski definition) is 1. The fourth-order valence-electron chi connectivity index (χ4n) is 4.64. The molecule has 1 N–H and O–H groups in total. The highest BCUT2D eigenvalue weighted by molar-refractivity contribution is 7.89. The van der Waals surface area contributed by atoms with Crippen molar-refractivity contribution in [3.63, 3.8) is 0 Å². The van der Waals surface area contributed by atoms with Gasteiger partial charge in [-0.05, 0) is 81.0 Å². The summed E-state index contributed by atoms with van der Waals surface area (Å²) in [5.74, 6) is -0.296. The topological polar surface area (TPSA) is 86.8 Å². The minimum absolute atomic E-state index is 0.00895. The largest absolute Gasteiger partial charge is 0.355 e. The Labute approximate surface area is 206 Å². The first-order chi connectivity index (χ1) is 16.3. The molecule has 0 spiro atoms. The molecule has 9 heteroatoms. The molecule has 0 saturated carbocycles. The quantitative estimate of drug-likeness (QED) is 0.649. The second kappa shape index (κ2) is 10.5. The van der Waals surface area contributed by atoms with Crippen LogP contribution in [0.25, 0.3) is 0 Å². The zero-order chi connectivity index (χ0) is 24.3. The average Bonchev–Trinajstić information content (AvgIpc) is 3.14. The fourth-order valence-corrected chi connectivity index (χ4v) is 6.37. The molecule has 2 saturated heterocycles. The van der Waals surface area contributed by atoms with Crippen LogP contribution in [0.5, 0.6) is 0 Å². The third-order valence-electron chi connectivity index (χ3n) is 6.63. The van der Waals surface area contributed by atoms with Gasteiger partial charge in [-0.1, -0.05) is 23.7 Å². The normalized spacial score (nSPS) is 21.4. The Morgan fingerprint density at radius 1 is 1.06 bits per heavy atom. The molecule has 2 atom stereocenters. The monoisotopic (exact) mass is 503 g/mol. The van der Waals surface area contributed by atoms with Gasteiger partial charge in [0.25, 0.3) is 5.91 Å². The number of carbonyl (C=O) groups excluding carboxylic acids is 2. The van der Waals surface area contributed by atoms with Crippen molar-refractivity contribution in [3.8, 4) is 0 Å². The zero-order valence-corrected chi connectivity index (χ0v) is 20.8. The number of nitrogens with one attached hydrogen (secondary N) is 1. The number of rotatable bonds is 6. The fraction of sp³-hybridized carbons (Fsp3) is 0.440. The lowest BCUT2D eigenvalue weighted by atomic mass is 10.1. The second-order valence-corrected chi connectivity index (χ2v) is 11.3. The zero-order valence-electron chi connectivity index (χ0n) is 19.2. The summed E-state index contributed by atoms with van der Waals surface area (Å²) in [7, 11) is -3.97. The van der Waals surface area contributed by atoms with Crippen molar-refractivity contribution < 1.29 is 18.0 Å². The third kappa shape index (κ3) is 5.29. The van der Waals surface area contributed by atoms with Crippen LogP contribution in [0, 0.1) is 0 Å². The van der Waals surface area contributed by atoms with Crippen LogP contribution < -0.4 is 5.32 Å².